The summed E-state index contributed by atoms with van der Waals surface area (Å²) in [5.74, 6) is 1.79. The van der Waals surface area contributed by atoms with Crippen LogP contribution in [0.25, 0.3) is 0 Å². The van der Waals surface area contributed by atoms with Crippen LogP contribution in [0, 0.1) is 0 Å². The van der Waals surface area contributed by atoms with E-state index in [1.165, 1.54) is 0 Å². The molecular weight excluding hydrogens is 268 g/mol. The van der Waals surface area contributed by atoms with Gasteiger partial charge in [-0.15, -0.1) is 10.2 Å². The number of ether oxygens (including phenoxy) is 1. The van der Waals surface area contributed by atoms with Gasteiger partial charge in [-0.25, -0.2) is 0 Å². The van der Waals surface area contributed by atoms with Crippen LogP contribution in [0.1, 0.15) is 0 Å². The number of aromatic amines is 1. The summed E-state index contributed by atoms with van der Waals surface area (Å²) in [5.41, 5.74) is 0.461. The van der Waals surface area contributed by atoms with Crippen LogP contribution in [-0.2, 0) is 0 Å². The van der Waals surface area contributed by atoms with Crippen LogP contribution in [-0.4, -0.2) is 15.2 Å². The SMILES string of the molecule is O=c1cnnc(Nc2ccc(Oc3ccccc3)cc2)[nH]1. The molecule has 0 fully saturated rings. The number of nitrogens with zero attached hydrogens (tertiary/aromatic N) is 2. The molecule has 104 valence electrons. The van der Waals surface area contributed by atoms with E-state index in [-0.39, 0.29) is 5.56 Å². The van der Waals surface area contributed by atoms with Gasteiger partial charge in [0.25, 0.3) is 5.56 Å². The van der Waals surface area contributed by atoms with Gasteiger partial charge < -0.3 is 10.1 Å². The lowest BCUT2D eigenvalue weighted by atomic mass is 10.3. The van der Waals surface area contributed by atoms with Gasteiger partial charge in [-0.1, -0.05) is 18.2 Å². The molecule has 0 aliphatic carbocycles. The highest BCUT2D eigenvalue weighted by Gasteiger charge is 2.00. The lowest BCUT2D eigenvalue weighted by Crippen LogP contribution is -2.10. The Labute approximate surface area is 120 Å². The first-order valence-electron chi connectivity index (χ1n) is 6.31. The van der Waals surface area contributed by atoms with Gasteiger partial charge in [0.1, 0.15) is 17.7 Å². The number of nitrogens with one attached hydrogen (secondary N) is 2. The molecule has 6 nitrogen and oxygen atoms in total. The second kappa shape index (κ2) is 5.87. The summed E-state index contributed by atoms with van der Waals surface area (Å²) < 4.78 is 5.69. The highest BCUT2D eigenvalue weighted by Crippen LogP contribution is 2.23. The van der Waals surface area contributed by atoms with Crippen LogP contribution in [0.4, 0.5) is 11.6 Å². The van der Waals surface area contributed by atoms with Crippen molar-refractivity contribution in [1.29, 1.82) is 0 Å². The quantitative estimate of drug-likeness (QED) is 0.768. The van der Waals surface area contributed by atoms with Crippen molar-refractivity contribution in [2.75, 3.05) is 5.32 Å². The molecule has 0 atom stereocenters. The Bertz CT molecular complexity index is 769. The maximum Gasteiger partial charge on any atom is 0.271 e. The molecule has 21 heavy (non-hydrogen) atoms. The van der Waals surface area contributed by atoms with Gasteiger partial charge in [-0.05, 0) is 36.4 Å². The lowest BCUT2D eigenvalue weighted by molar-refractivity contribution is 0.483. The van der Waals surface area contributed by atoms with Crippen LogP contribution in [0.2, 0.25) is 0 Å². The second-order valence-electron chi connectivity index (χ2n) is 4.25. The van der Waals surface area contributed by atoms with Crippen molar-refractivity contribution in [3.63, 3.8) is 0 Å². The zero-order chi connectivity index (χ0) is 14.5. The summed E-state index contributed by atoms with van der Waals surface area (Å²) in [7, 11) is 0. The van der Waals surface area contributed by atoms with E-state index in [0.29, 0.717) is 5.95 Å². The molecule has 0 bridgehead atoms. The number of para-hydroxylation sites is 1. The molecule has 0 amide bonds. The van der Waals surface area contributed by atoms with Crippen molar-refractivity contribution in [2.45, 2.75) is 0 Å². The Morgan fingerprint density at radius 2 is 1.67 bits per heavy atom. The summed E-state index contributed by atoms with van der Waals surface area (Å²) in [6, 6.07) is 16.8. The molecule has 0 aliphatic rings. The zero-order valence-corrected chi connectivity index (χ0v) is 11.0. The Kier molecular flexibility index (Phi) is 3.60. The van der Waals surface area contributed by atoms with Crippen LogP contribution in [0.15, 0.2) is 65.6 Å². The molecular formula is C15H12N4O2. The second-order valence-corrected chi connectivity index (χ2v) is 4.25. The third-order valence-electron chi connectivity index (χ3n) is 2.67. The Balaban J connectivity index is 1.71. The number of H-pyrrole nitrogens is 1. The molecule has 3 aromatic rings. The third kappa shape index (κ3) is 3.44. The number of anilines is 2. The number of aromatic nitrogens is 3. The van der Waals surface area contributed by atoms with Crippen molar-refractivity contribution in [3.05, 3.63) is 71.1 Å². The fourth-order valence-corrected chi connectivity index (χ4v) is 1.74. The van der Waals surface area contributed by atoms with Gasteiger partial charge in [0.05, 0.1) is 0 Å². The van der Waals surface area contributed by atoms with Crippen molar-refractivity contribution in [2.24, 2.45) is 0 Å². The summed E-state index contributed by atoms with van der Waals surface area (Å²) in [4.78, 5) is 13.7. The van der Waals surface area contributed by atoms with Crippen molar-refractivity contribution < 1.29 is 4.74 Å². The molecule has 1 aromatic heterocycles. The van der Waals surface area contributed by atoms with Crippen molar-refractivity contribution >= 4 is 11.6 Å². The largest absolute Gasteiger partial charge is 0.457 e. The standard InChI is InChI=1S/C15H12N4O2/c20-14-10-16-19-15(18-14)17-11-6-8-13(9-7-11)21-12-4-2-1-3-5-12/h1-10H,(H2,17,18,19,20). The van der Waals surface area contributed by atoms with Gasteiger partial charge >= 0.3 is 0 Å². The van der Waals surface area contributed by atoms with Gasteiger partial charge in [-0.2, -0.15) is 0 Å². The van der Waals surface area contributed by atoms with E-state index >= 15 is 0 Å². The van der Waals surface area contributed by atoms with Crippen molar-refractivity contribution in [3.8, 4) is 11.5 Å². The fourth-order valence-electron chi connectivity index (χ4n) is 1.74. The Morgan fingerprint density at radius 1 is 0.952 bits per heavy atom. The fraction of sp³-hybridized carbons (Fsp3) is 0. The van der Waals surface area contributed by atoms with E-state index in [0.717, 1.165) is 23.4 Å². The molecule has 0 radical (unpaired) electrons. The minimum atomic E-state index is -0.309. The predicted molar refractivity (Wildman–Crippen MR) is 78.9 cm³/mol. The minimum Gasteiger partial charge on any atom is -0.457 e. The summed E-state index contributed by atoms with van der Waals surface area (Å²) in [6.45, 7) is 0. The van der Waals surface area contributed by atoms with Gasteiger partial charge in [-0.3, -0.25) is 9.78 Å². The first kappa shape index (κ1) is 12.9. The van der Waals surface area contributed by atoms with Gasteiger partial charge in [0.2, 0.25) is 5.95 Å². The third-order valence-corrected chi connectivity index (χ3v) is 2.67. The molecule has 0 saturated heterocycles. The smallest absolute Gasteiger partial charge is 0.271 e. The highest BCUT2D eigenvalue weighted by molar-refractivity contribution is 5.54. The number of hydrogen-bond acceptors (Lipinski definition) is 5. The van der Waals surface area contributed by atoms with E-state index < -0.39 is 0 Å². The Hall–Kier alpha value is -3.15. The molecule has 2 aromatic carbocycles. The van der Waals surface area contributed by atoms with E-state index in [4.69, 9.17) is 4.74 Å². The topological polar surface area (TPSA) is 79.9 Å². The van der Waals surface area contributed by atoms with Gasteiger partial charge in [0, 0.05) is 5.69 Å². The van der Waals surface area contributed by atoms with Crippen LogP contribution in [0.3, 0.4) is 0 Å². The molecule has 0 spiro atoms. The maximum absolute atomic E-state index is 11.1. The van der Waals surface area contributed by atoms with E-state index in [1.807, 2.05) is 54.6 Å². The predicted octanol–water partition coefficient (Wildman–Crippen LogP) is 2.70. The lowest BCUT2D eigenvalue weighted by Gasteiger charge is -2.07. The first-order valence-corrected chi connectivity index (χ1v) is 6.31. The van der Waals surface area contributed by atoms with Crippen LogP contribution >= 0.6 is 0 Å². The molecule has 6 heteroatoms. The average molecular weight is 280 g/mol. The summed E-state index contributed by atoms with van der Waals surface area (Å²) in [6.07, 6.45) is 1.11. The van der Waals surface area contributed by atoms with E-state index in [9.17, 15) is 4.79 Å². The van der Waals surface area contributed by atoms with Crippen LogP contribution in [0.5, 0.6) is 11.5 Å². The number of rotatable bonds is 4. The summed E-state index contributed by atoms with van der Waals surface area (Å²) in [5, 5.41) is 10.3. The molecule has 0 aliphatic heterocycles. The van der Waals surface area contributed by atoms with Crippen molar-refractivity contribution in [1.82, 2.24) is 15.2 Å². The van der Waals surface area contributed by atoms with Gasteiger partial charge in [0.15, 0.2) is 0 Å². The number of hydrogen-bond donors (Lipinski definition) is 2. The highest BCUT2D eigenvalue weighted by atomic mass is 16.5. The maximum atomic E-state index is 11.1. The first-order chi connectivity index (χ1) is 10.3. The average Bonchev–Trinajstić information content (AvgIpc) is 2.50. The summed E-state index contributed by atoms with van der Waals surface area (Å²) >= 11 is 0. The van der Waals surface area contributed by atoms with E-state index in [2.05, 4.69) is 20.5 Å². The van der Waals surface area contributed by atoms with E-state index in [1.54, 1.807) is 0 Å². The zero-order valence-electron chi connectivity index (χ0n) is 11.0. The Morgan fingerprint density at radius 3 is 2.38 bits per heavy atom. The molecule has 0 saturated carbocycles. The normalized spacial score (nSPS) is 10.1. The molecule has 3 rings (SSSR count). The number of benzene rings is 2. The molecule has 2 N–H and O–H groups in total. The monoisotopic (exact) mass is 280 g/mol. The minimum absolute atomic E-state index is 0.291. The van der Waals surface area contributed by atoms with Crippen LogP contribution < -0.4 is 15.6 Å². The molecule has 1 heterocycles. The molecule has 0 unspecified atom stereocenters.